The Labute approximate surface area is 197 Å². The van der Waals surface area contributed by atoms with Crippen molar-refractivity contribution in [1.29, 1.82) is 0 Å². The predicted molar refractivity (Wildman–Crippen MR) is 125 cm³/mol. The zero-order valence-electron chi connectivity index (χ0n) is 18.7. The molecule has 9 heteroatoms. The highest BCUT2D eigenvalue weighted by molar-refractivity contribution is 6.30. The van der Waals surface area contributed by atoms with E-state index in [9.17, 15) is 18.0 Å². The minimum Gasteiger partial charge on any atom is -0.368 e. The van der Waals surface area contributed by atoms with Crippen LogP contribution in [0, 0.1) is 5.92 Å². The molecule has 33 heavy (non-hydrogen) atoms. The van der Waals surface area contributed by atoms with Crippen molar-refractivity contribution in [2.45, 2.75) is 18.6 Å². The molecule has 0 radical (unpaired) electrons. The second-order valence-electron chi connectivity index (χ2n) is 8.93. The summed E-state index contributed by atoms with van der Waals surface area (Å²) in [6.45, 7) is 3.11. The standard InChI is InChI=1S/C24H28ClF3N4O/c1-30(2)10-9-29-23(33)20-14-16-13-17(24(26,27)28)3-8-21(16)32-12-11-31(15-22(20)32)19-6-4-18(25)5-7-19/h3-8,13,20,22H,9-12,14-15H2,1-2H3,(H,29,33)/t20-,22-/m1/s1. The van der Waals surface area contributed by atoms with Crippen LogP contribution in [-0.2, 0) is 17.4 Å². The van der Waals surface area contributed by atoms with E-state index in [1.807, 2.05) is 43.3 Å². The Hall–Kier alpha value is -2.45. The van der Waals surface area contributed by atoms with Gasteiger partial charge in [-0.05, 0) is 68.5 Å². The van der Waals surface area contributed by atoms with Crippen molar-refractivity contribution in [3.63, 3.8) is 0 Å². The molecule has 0 unspecified atom stereocenters. The number of alkyl halides is 3. The molecular weight excluding hydrogens is 453 g/mol. The summed E-state index contributed by atoms with van der Waals surface area (Å²) in [4.78, 5) is 19.5. The Bertz CT molecular complexity index is 996. The van der Waals surface area contributed by atoms with Crippen LogP contribution in [0.15, 0.2) is 42.5 Å². The van der Waals surface area contributed by atoms with Gasteiger partial charge in [-0.3, -0.25) is 4.79 Å². The number of benzene rings is 2. The number of hydrogen-bond donors (Lipinski definition) is 1. The Morgan fingerprint density at radius 3 is 2.55 bits per heavy atom. The zero-order chi connectivity index (χ0) is 23.8. The molecule has 2 atom stereocenters. The molecule has 1 N–H and O–H groups in total. The molecule has 0 aliphatic carbocycles. The van der Waals surface area contributed by atoms with Gasteiger partial charge in [0.1, 0.15) is 0 Å². The molecule has 1 amide bonds. The molecule has 0 spiro atoms. The van der Waals surface area contributed by atoms with E-state index in [2.05, 4.69) is 15.1 Å². The van der Waals surface area contributed by atoms with Gasteiger partial charge < -0.3 is 20.0 Å². The molecule has 1 fully saturated rings. The SMILES string of the molecule is CN(C)CCNC(=O)[C@@H]1Cc2cc(C(F)(F)F)ccc2N2CCN(c3ccc(Cl)cc3)C[C@H]12. The van der Waals surface area contributed by atoms with Gasteiger partial charge in [-0.1, -0.05) is 11.6 Å². The van der Waals surface area contributed by atoms with Crippen LogP contribution in [0.25, 0.3) is 0 Å². The molecule has 4 rings (SSSR count). The molecule has 2 aromatic carbocycles. The normalized spacial score (nSPS) is 20.5. The monoisotopic (exact) mass is 480 g/mol. The Kier molecular flexibility index (Phi) is 6.77. The lowest BCUT2D eigenvalue weighted by Gasteiger charge is -2.49. The lowest BCUT2D eigenvalue weighted by Crippen LogP contribution is -2.61. The number of hydrogen-bond acceptors (Lipinski definition) is 4. The van der Waals surface area contributed by atoms with Crippen molar-refractivity contribution < 1.29 is 18.0 Å². The van der Waals surface area contributed by atoms with Crippen molar-refractivity contribution in [2.75, 3.05) is 56.6 Å². The van der Waals surface area contributed by atoms with Crippen LogP contribution in [0.2, 0.25) is 5.02 Å². The van der Waals surface area contributed by atoms with Gasteiger partial charge in [0.25, 0.3) is 0 Å². The highest BCUT2D eigenvalue weighted by Crippen LogP contribution is 2.40. The molecule has 0 bridgehead atoms. The number of carbonyl (C=O) groups is 1. The number of halogens is 4. The van der Waals surface area contributed by atoms with Crippen LogP contribution >= 0.6 is 11.6 Å². The van der Waals surface area contributed by atoms with Crippen LogP contribution in [-0.4, -0.2) is 63.7 Å². The molecule has 0 saturated carbocycles. The molecule has 2 aliphatic heterocycles. The topological polar surface area (TPSA) is 38.8 Å². The van der Waals surface area contributed by atoms with Crippen LogP contribution in [0.3, 0.4) is 0 Å². The molecular formula is C24H28ClF3N4O. The first-order chi connectivity index (χ1) is 15.6. The number of rotatable bonds is 5. The highest BCUT2D eigenvalue weighted by Gasteiger charge is 2.42. The van der Waals surface area contributed by atoms with Gasteiger partial charge in [0.2, 0.25) is 5.91 Å². The van der Waals surface area contributed by atoms with Crippen LogP contribution in [0.4, 0.5) is 24.5 Å². The van der Waals surface area contributed by atoms with Crippen molar-refractivity contribution in [3.05, 3.63) is 58.6 Å². The molecule has 5 nitrogen and oxygen atoms in total. The first-order valence-corrected chi connectivity index (χ1v) is 11.4. The second kappa shape index (κ2) is 9.43. The summed E-state index contributed by atoms with van der Waals surface area (Å²) in [7, 11) is 3.85. The quantitative estimate of drug-likeness (QED) is 0.704. The fourth-order valence-corrected chi connectivity index (χ4v) is 4.85. The minimum absolute atomic E-state index is 0.118. The molecule has 2 heterocycles. The maximum Gasteiger partial charge on any atom is 0.416 e. The second-order valence-corrected chi connectivity index (χ2v) is 9.37. The maximum atomic E-state index is 13.3. The third-order valence-corrected chi connectivity index (χ3v) is 6.68. The summed E-state index contributed by atoms with van der Waals surface area (Å²) in [5.74, 6) is -0.564. The number of carbonyl (C=O) groups excluding carboxylic acids is 1. The molecule has 2 aromatic rings. The molecule has 1 saturated heterocycles. The van der Waals surface area contributed by atoms with Crippen LogP contribution in [0.5, 0.6) is 0 Å². The van der Waals surface area contributed by atoms with Gasteiger partial charge in [0.15, 0.2) is 0 Å². The number of nitrogens with one attached hydrogen (secondary N) is 1. The summed E-state index contributed by atoms with van der Waals surface area (Å²) in [6.07, 6.45) is -4.13. The first-order valence-electron chi connectivity index (χ1n) is 11.0. The van der Waals surface area contributed by atoms with Crippen molar-refractivity contribution in [1.82, 2.24) is 10.2 Å². The summed E-state index contributed by atoms with van der Waals surface area (Å²) in [5.41, 5.74) is 1.71. The van der Waals surface area contributed by atoms with E-state index in [0.717, 1.165) is 17.4 Å². The summed E-state index contributed by atoms with van der Waals surface area (Å²) >= 11 is 6.03. The lowest BCUT2D eigenvalue weighted by molar-refractivity contribution is -0.137. The van der Waals surface area contributed by atoms with Gasteiger partial charge in [-0.15, -0.1) is 0 Å². The van der Waals surface area contributed by atoms with Gasteiger partial charge in [0, 0.05) is 49.1 Å². The number of likely N-dealkylation sites (N-methyl/N-ethyl adjacent to an activating group) is 1. The number of anilines is 2. The first kappa shape index (κ1) is 23.7. The number of fused-ring (bicyclic) bond motifs is 3. The third kappa shape index (κ3) is 5.22. The van der Waals surface area contributed by atoms with E-state index in [4.69, 9.17) is 11.6 Å². The van der Waals surface area contributed by atoms with E-state index < -0.39 is 17.7 Å². The van der Waals surface area contributed by atoms with Crippen molar-refractivity contribution in [3.8, 4) is 0 Å². The lowest BCUT2D eigenvalue weighted by atomic mass is 9.82. The predicted octanol–water partition coefficient (Wildman–Crippen LogP) is 3.90. The van der Waals surface area contributed by atoms with Gasteiger partial charge >= 0.3 is 6.18 Å². The summed E-state index contributed by atoms with van der Waals surface area (Å²) in [5, 5.41) is 3.64. The van der Waals surface area contributed by atoms with E-state index >= 15 is 0 Å². The maximum absolute atomic E-state index is 13.3. The highest BCUT2D eigenvalue weighted by atomic mass is 35.5. The Morgan fingerprint density at radius 2 is 1.88 bits per heavy atom. The Morgan fingerprint density at radius 1 is 1.15 bits per heavy atom. The van der Waals surface area contributed by atoms with E-state index in [1.165, 1.54) is 6.07 Å². The van der Waals surface area contributed by atoms with Gasteiger partial charge in [-0.25, -0.2) is 0 Å². The largest absolute Gasteiger partial charge is 0.416 e. The number of piperazine rings is 1. The summed E-state index contributed by atoms with van der Waals surface area (Å²) in [6, 6.07) is 11.3. The minimum atomic E-state index is -4.41. The fourth-order valence-electron chi connectivity index (χ4n) is 4.72. The van der Waals surface area contributed by atoms with Crippen LogP contribution < -0.4 is 15.1 Å². The zero-order valence-corrected chi connectivity index (χ0v) is 19.5. The molecule has 2 aliphatic rings. The Balaban J connectivity index is 1.63. The van der Waals surface area contributed by atoms with E-state index in [0.29, 0.717) is 43.3 Å². The molecule has 0 aromatic heterocycles. The van der Waals surface area contributed by atoms with Crippen molar-refractivity contribution in [2.24, 2.45) is 5.92 Å². The fraction of sp³-hybridized carbons (Fsp3) is 0.458. The van der Waals surface area contributed by atoms with E-state index in [-0.39, 0.29) is 18.4 Å². The number of amides is 1. The van der Waals surface area contributed by atoms with Crippen molar-refractivity contribution >= 4 is 28.9 Å². The van der Waals surface area contributed by atoms with Gasteiger partial charge in [0.05, 0.1) is 17.5 Å². The average molecular weight is 481 g/mol. The smallest absolute Gasteiger partial charge is 0.368 e. The number of nitrogens with zero attached hydrogens (tertiary/aromatic N) is 3. The summed E-state index contributed by atoms with van der Waals surface area (Å²) < 4.78 is 40.0. The molecule has 178 valence electrons. The third-order valence-electron chi connectivity index (χ3n) is 6.43. The van der Waals surface area contributed by atoms with Crippen LogP contribution in [0.1, 0.15) is 11.1 Å². The van der Waals surface area contributed by atoms with Gasteiger partial charge in [-0.2, -0.15) is 13.2 Å². The average Bonchev–Trinajstić information content (AvgIpc) is 2.77. The van der Waals surface area contributed by atoms with E-state index in [1.54, 1.807) is 6.07 Å².